The van der Waals surface area contributed by atoms with Crippen molar-refractivity contribution < 1.29 is 5.11 Å². The van der Waals surface area contributed by atoms with Gasteiger partial charge in [0, 0.05) is 29.3 Å². The fourth-order valence-electron chi connectivity index (χ4n) is 2.24. The van der Waals surface area contributed by atoms with Crippen LogP contribution in [0.25, 0.3) is 11.0 Å². The molecule has 2 N–H and O–H groups in total. The van der Waals surface area contributed by atoms with Gasteiger partial charge in [0.2, 0.25) is 0 Å². The Morgan fingerprint density at radius 3 is 2.95 bits per heavy atom. The third-order valence-electron chi connectivity index (χ3n) is 3.30. The summed E-state index contributed by atoms with van der Waals surface area (Å²) in [5.74, 6) is 5.94. The molecule has 106 valence electrons. The quantitative estimate of drug-likeness (QED) is 0.624. The van der Waals surface area contributed by atoms with E-state index in [1.807, 2.05) is 0 Å². The Morgan fingerprint density at radius 2 is 2.15 bits per heavy atom. The van der Waals surface area contributed by atoms with Crippen LogP contribution in [-0.4, -0.2) is 21.7 Å². The Morgan fingerprint density at radius 1 is 1.25 bits per heavy atom. The maximum Gasteiger partial charge on any atom is 0.137 e. The predicted molar refractivity (Wildman–Crippen MR) is 82.5 cm³/mol. The summed E-state index contributed by atoms with van der Waals surface area (Å²) in [6, 6.07) is 4.23. The van der Waals surface area contributed by atoms with Crippen LogP contribution in [-0.2, 0) is 6.42 Å². The van der Waals surface area contributed by atoms with E-state index in [9.17, 15) is 0 Å². The van der Waals surface area contributed by atoms with Gasteiger partial charge in [-0.1, -0.05) is 38.0 Å². The SMILES string of the molecule is CCCCCCc1cc2cc(C#CCCO)cnc2[nH]1. The van der Waals surface area contributed by atoms with Gasteiger partial charge < -0.3 is 10.1 Å². The number of rotatable bonds is 6. The summed E-state index contributed by atoms with van der Waals surface area (Å²) in [4.78, 5) is 7.77. The zero-order valence-corrected chi connectivity index (χ0v) is 12.1. The van der Waals surface area contributed by atoms with E-state index in [2.05, 4.69) is 40.9 Å². The second-order valence-electron chi connectivity index (χ2n) is 5.04. The molecule has 0 aliphatic rings. The molecule has 0 spiro atoms. The molecule has 0 saturated heterocycles. The smallest absolute Gasteiger partial charge is 0.137 e. The molecule has 3 heteroatoms. The summed E-state index contributed by atoms with van der Waals surface area (Å²) < 4.78 is 0. The highest BCUT2D eigenvalue weighted by atomic mass is 16.2. The summed E-state index contributed by atoms with van der Waals surface area (Å²) in [7, 11) is 0. The molecule has 2 heterocycles. The van der Waals surface area contributed by atoms with E-state index in [4.69, 9.17) is 5.11 Å². The molecule has 0 atom stereocenters. The second-order valence-corrected chi connectivity index (χ2v) is 5.04. The maximum atomic E-state index is 8.72. The highest BCUT2D eigenvalue weighted by molar-refractivity contribution is 5.77. The summed E-state index contributed by atoms with van der Waals surface area (Å²) in [6.45, 7) is 2.33. The number of nitrogens with zero attached hydrogens (tertiary/aromatic N) is 1. The first-order valence-corrected chi connectivity index (χ1v) is 7.41. The van der Waals surface area contributed by atoms with Gasteiger partial charge >= 0.3 is 0 Å². The van der Waals surface area contributed by atoms with E-state index >= 15 is 0 Å². The van der Waals surface area contributed by atoms with Gasteiger partial charge in [0.15, 0.2) is 0 Å². The van der Waals surface area contributed by atoms with Crippen LogP contribution in [0.2, 0.25) is 0 Å². The molecule has 0 aliphatic carbocycles. The standard InChI is InChI=1S/C17H22N2O/c1-2-3-4-5-9-16-12-15-11-14(8-6-7-10-20)13-18-17(15)19-16/h11-13,20H,2-5,7,9-10H2,1H3,(H,18,19). The van der Waals surface area contributed by atoms with Crippen LogP contribution in [0.5, 0.6) is 0 Å². The summed E-state index contributed by atoms with van der Waals surface area (Å²) >= 11 is 0. The molecular formula is C17H22N2O. The van der Waals surface area contributed by atoms with Crippen molar-refractivity contribution in [1.29, 1.82) is 0 Å². The highest BCUT2D eigenvalue weighted by Crippen LogP contribution is 2.16. The van der Waals surface area contributed by atoms with Crippen molar-refractivity contribution in [3.63, 3.8) is 0 Å². The van der Waals surface area contributed by atoms with Crippen LogP contribution in [0.1, 0.15) is 50.3 Å². The molecule has 2 aromatic rings. The highest BCUT2D eigenvalue weighted by Gasteiger charge is 2.02. The second kappa shape index (κ2) is 7.72. The molecule has 3 nitrogen and oxygen atoms in total. The van der Waals surface area contributed by atoms with E-state index in [1.54, 1.807) is 6.20 Å². The van der Waals surface area contributed by atoms with Gasteiger partial charge in [0.1, 0.15) is 5.65 Å². The maximum absolute atomic E-state index is 8.72. The Bertz CT molecular complexity index is 604. The normalized spacial score (nSPS) is 10.5. The number of hydrogen-bond donors (Lipinski definition) is 2. The average molecular weight is 270 g/mol. The summed E-state index contributed by atoms with van der Waals surface area (Å²) in [5, 5.41) is 9.83. The fraction of sp³-hybridized carbons (Fsp3) is 0.471. The largest absolute Gasteiger partial charge is 0.395 e. The van der Waals surface area contributed by atoms with Crippen LogP contribution in [0.3, 0.4) is 0 Å². The van der Waals surface area contributed by atoms with Crippen molar-refractivity contribution >= 4 is 11.0 Å². The lowest BCUT2D eigenvalue weighted by Gasteiger charge is -1.96. The van der Waals surface area contributed by atoms with Crippen molar-refractivity contribution in [1.82, 2.24) is 9.97 Å². The molecule has 0 saturated carbocycles. The van der Waals surface area contributed by atoms with Crippen molar-refractivity contribution in [3.05, 3.63) is 29.6 Å². The minimum Gasteiger partial charge on any atom is -0.395 e. The van der Waals surface area contributed by atoms with E-state index in [0.717, 1.165) is 23.0 Å². The fourth-order valence-corrected chi connectivity index (χ4v) is 2.24. The van der Waals surface area contributed by atoms with Crippen LogP contribution in [0.15, 0.2) is 18.3 Å². The number of pyridine rings is 1. The van der Waals surface area contributed by atoms with Crippen molar-refractivity contribution in [2.45, 2.75) is 45.4 Å². The van der Waals surface area contributed by atoms with Crippen molar-refractivity contribution in [3.8, 4) is 11.8 Å². The first kappa shape index (κ1) is 14.6. The zero-order chi connectivity index (χ0) is 14.2. The molecule has 0 unspecified atom stereocenters. The molecule has 2 rings (SSSR count). The Labute approximate surface area is 120 Å². The molecule has 0 aromatic carbocycles. The van der Waals surface area contributed by atoms with Crippen molar-refractivity contribution in [2.24, 2.45) is 0 Å². The van der Waals surface area contributed by atoms with Crippen molar-refractivity contribution in [2.75, 3.05) is 6.61 Å². The number of unbranched alkanes of at least 4 members (excludes halogenated alkanes) is 3. The lowest BCUT2D eigenvalue weighted by Crippen LogP contribution is -1.85. The lowest BCUT2D eigenvalue weighted by atomic mass is 10.1. The number of fused-ring (bicyclic) bond motifs is 1. The molecule has 0 bridgehead atoms. The first-order chi connectivity index (χ1) is 9.83. The van der Waals surface area contributed by atoms with Gasteiger partial charge in [-0.15, -0.1) is 0 Å². The average Bonchev–Trinajstić information content (AvgIpc) is 2.86. The number of aliphatic hydroxyl groups excluding tert-OH is 1. The van der Waals surface area contributed by atoms with Gasteiger partial charge in [-0.3, -0.25) is 0 Å². The van der Waals surface area contributed by atoms with E-state index in [1.165, 1.54) is 31.4 Å². The number of aromatic nitrogens is 2. The van der Waals surface area contributed by atoms with Crippen LogP contribution >= 0.6 is 0 Å². The number of aryl methyl sites for hydroxylation is 1. The first-order valence-electron chi connectivity index (χ1n) is 7.41. The topological polar surface area (TPSA) is 48.9 Å². The van der Waals surface area contributed by atoms with Gasteiger partial charge in [-0.25, -0.2) is 4.98 Å². The third-order valence-corrected chi connectivity index (χ3v) is 3.30. The number of aromatic amines is 1. The number of H-pyrrole nitrogens is 1. The van der Waals surface area contributed by atoms with Crippen LogP contribution < -0.4 is 0 Å². The molecule has 20 heavy (non-hydrogen) atoms. The minimum atomic E-state index is 0.106. The third kappa shape index (κ3) is 4.11. The zero-order valence-electron chi connectivity index (χ0n) is 12.1. The van der Waals surface area contributed by atoms with E-state index in [0.29, 0.717) is 6.42 Å². The number of hydrogen-bond acceptors (Lipinski definition) is 2. The molecule has 2 aromatic heterocycles. The Balaban J connectivity index is 2.04. The Kier molecular flexibility index (Phi) is 5.64. The van der Waals surface area contributed by atoms with Gasteiger partial charge in [-0.05, 0) is 25.0 Å². The number of aliphatic hydroxyl groups is 1. The van der Waals surface area contributed by atoms with Gasteiger partial charge in [0.05, 0.1) is 6.61 Å². The molecule has 0 aliphatic heterocycles. The molecule has 0 radical (unpaired) electrons. The van der Waals surface area contributed by atoms with E-state index in [-0.39, 0.29) is 6.61 Å². The monoisotopic (exact) mass is 270 g/mol. The molecular weight excluding hydrogens is 248 g/mol. The number of nitrogens with one attached hydrogen (secondary N) is 1. The molecule has 0 amide bonds. The predicted octanol–water partition coefficient (Wildman–Crippen LogP) is 3.42. The summed E-state index contributed by atoms with van der Waals surface area (Å²) in [5.41, 5.74) is 3.09. The van der Waals surface area contributed by atoms with E-state index < -0.39 is 0 Å². The summed E-state index contributed by atoms with van der Waals surface area (Å²) in [6.07, 6.45) is 8.47. The van der Waals surface area contributed by atoms with Gasteiger partial charge in [0.25, 0.3) is 0 Å². The van der Waals surface area contributed by atoms with Crippen LogP contribution in [0, 0.1) is 11.8 Å². The van der Waals surface area contributed by atoms with Crippen LogP contribution in [0.4, 0.5) is 0 Å². The Hall–Kier alpha value is -1.79. The lowest BCUT2D eigenvalue weighted by molar-refractivity contribution is 0.305. The minimum absolute atomic E-state index is 0.106. The molecule has 0 fully saturated rings. The van der Waals surface area contributed by atoms with Gasteiger partial charge in [-0.2, -0.15) is 0 Å².